The van der Waals surface area contributed by atoms with Crippen LogP contribution in [0, 0.1) is 0 Å². The zero-order valence-corrected chi connectivity index (χ0v) is 19.5. The minimum absolute atomic E-state index is 0.0757. The number of allylic oxidation sites excluding steroid dienone is 1. The molecule has 1 aromatic rings. The molecule has 4 unspecified atom stereocenters. The van der Waals surface area contributed by atoms with Gasteiger partial charge in [-0.15, -0.1) is 0 Å². The van der Waals surface area contributed by atoms with E-state index in [-0.39, 0.29) is 17.9 Å². The van der Waals surface area contributed by atoms with E-state index in [0.717, 1.165) is 42.7 Å². The van der Waals surface area contributed by atoms with Gasteiger partial charge < -0.3 is 25.0 Å². The molecule has 2 amide bonds. The van der Waals surface area contributed by atoms with E-state index in [1.165, 1.54) is 19.3 Å². The smallest absolute Gasteiger partial charge is 0.255 e. The summed E-state index contributed by atoms with van der Waals surface area (Å²) in [6, 6.07) is 6.02. The van der Waals surface area contributed by atoms with Gasteiger partial charge in [0, 0.05) is 37.0 Å². The summed E-state index contributed by atoms with van der Waals surface area (Å²) in [6.07, 6.45) is 9.71. The molecule has 2 aliphatic heterocycles. The number of fused-ring (bicyclic) bond motifs is 1. The Morgan fingerprint density at radius 3 is 2.61 bits per heavy atom. The molecule has 0 aromatic heterocycles. The van der Waals surface area contributed by atoms with Crippen molar-refractivity contribution in [3.8, 4) is 5.75 Å². The molecule has 2 heterocycles. The van der Waals surface area contributed by atoms with Crippen molar-refractivity contribution in [2.45, 2.75) is 94.7 Å². The fraction of sp³-hybridized carbons (Fsp3) is 0.615. The Bertz CT molecular complexity index is 932. The number of ether oxygens (including phenoxy) is 2. The first-order valence-electron chi connectivity index (χ1n) is 12.4. The predicted octanol–water partition coefficient (Wildman–Crippen LogP) is 3.28. The maximum Gasteiger partial charge on any atom is 0.255 e. The van der Waals surface area contributed by atoms with Crippen molar-refractivity contribution in [3.05, 3.63) is 41.6 Å². The van der Waals surface area contributed by atoms with Crippen LogP contribution in [-0.2, 0) is 16.1 Å². The van der Waals surface area contributed by atoms with Gasteiger partial charge in [-0.3, -0.25) is 9.59 Å². The highest BCUT2D eigenvalue weighted by molar-refractivity contribution is 6.01. The third-order valence-electron chi connectivity index (χ3n) is 7.78. The van der Waals surface area contributed by atoms with Crippen LogP contribution in [0.4, 0.5) is 0 Å². The Balaban J connectivity index is 1.26. The Hall–Kier alpha value is -2.38. The summed E-state index contributed by atoms with van der Waals surface area (Å²) >= 11 is 0. The first kappa shape index (κ1) is 22.4. The standard InChI is InChI=1S/C26H35N3O4/c1-16-10-13-22(25(30)27-16)29-15-17-14-18(11-12-19(17)26(29)31)33-24-8-4-3-6-21(24)28-20-7-5-9-23(20)32-2/h11-12,14,20-24,28H,1,3-10,13,15H2,2H3,(H,27,30)/t20?,21-,22?,23?,24?/m0/s1. The van der Waals surface area contributed by atoms with E-state index < -0.39 is 6.04 Å². The van der Waals surface area contributed by atoms with Crippen molar-refractivity contribution in [2.24, 2.45) is 0 Å². The number of nitrogens with one attached hydrogen (secondary N) is 2. The molecule has 0 bridgehead atoms. The summed E-state index contributed by atoms with van der Waals surface area (Å²) in [5.74, 6) is 0.591. The number of benzene rings is 1. The lowest BCUT2D eigenvalue weighted by atomic mass is 9.91. The van der Waals surface area contributed by atoms with Crippen LogP contribution in [0.15, 0.2) is 30.5 Å². The van der Waals surface area contributed by atoms with Gasteiger partial charge >= 0.3 is 0 Å². The largest absolute Gasteiger partial charge is 0.489 e. The zero-order valence-electron chi connectivity index (χ0n) is 19.5. The van der Waals surface area contributed by atoms with Crippen molar-refractivity contribution in [1.29, 1.82) is 0 Å². The highest BCUT2D eigenvalue weighted by atomic mass is 16.5. The van der Waals surface area contributed by atoms with E-state index in [0.29, 0.717) is 43.1 Å². The molecule has 7 nitrogen and oxygen atoms in total. The van der Waals surface area contributed by atoms with E-state index in [4.69, 9.17) is 9.47 Å². The number of carbonyl (C=O) groups excluding carboxylic acids is 2. The van der Waals surface area contributed by atoms with Crippen molar-refractivity contribution < 1.29 is 19.1 Å². The van der Waals surface area contributed by atoms with Crippen LogP contribution in [0.1, 0.15) is 73.7 Å². The number of nitrogens with zero attached hydrogens (tertiary/aromatic N) is 1. The monoisotopic (exact) mass is 453 g/mol. The summed E-state index contributed by atoms with van der Waals surface area (Å²) < 4.78 is 12.2. The quantitative estimate of drug-likeness (QED) is 0.691. The van der Waals surface area contributed by atoms with Crippen molar-refractivity contribution in [2.75, 3.05) is 7.11 Å². The molecule has 4 aliphatic rings. The first-order chi connectivity index (χ1) is 16.0. The Labute approximate surface area is 195 Å². The maximum atomic E-state index is 13.0. The van der Waals surface area contributed by atoms with E-state index in [1.54, 1.807) is 4.90 Å². The molecule has 7 heteroatoms. The molecule has 2 aliphatic carbocycles. The predicted molar refractivity (Wildman–Crippen MR) is 125 cm³/mol. The van der Waals surface area contributed by atoms with Gasteiger partial charge in [0.05, 0.1) is 6.10 Å². The number of methoxy groups -OCH3 is 1. The fourth-order valence-corrected chi connectivity index (χ4v) is 5.98. The summed E-state index contributed by atoms with van der Waals surface area (Å²) in [5, 5.41) is 6.64. The second kappa shape index (κ2) is 9.47. The van der Waals surface area contributed by atoms with Gasteiger partial charge in [-0.1, -0.05) is 13.0 Å². The van der Waals surface area contributed by atoms with Crippen LogP contribution in [0.3, 0.4) is 0 Å². The SMILES string of the molecule is C=C1CCC(N2Cc3cc(OC4CCCC[C@@H]4NC4CCCC4OC)ccc3C2=O)C(=O)N1. The zero-order chi connectivity index (χ0) is 22.9. The lowest BCUT2D eigenvalue weighted by Crippen LogP contribution is -2.51. The first-order valence-corrected chi connectivity index (χ1v) is 12.4. The number of amides is 2. The molecule has 5 atom stereocenters. The molecular weight excluding hydrogens is 418 g/mol. The molecule has 2 saturated carbocycles. The molecule has 2 N–H and O–H groups in total. The summed E-state index contributed by atoms with van der Waals surface area (Å²) in [7, 11) is 1.81. The molecule has 5 rings (SSSR count). The van der Waals surface area contributed by atoms with Gasteiger partial charge in [-0.25, -0.2) is 0 Å². The van der Waals surface area contributed by atoms with Gasteiger partial charge in [-0.2, -0.15) is 0 Å². The number of hydrogen-bond acceptors (Lipinski definition) is 5. The molecule has 33 heavy (non-hydrogen) atoms. The lowest BCUT2D eigenvalue weighted by molar-refractivity contribution is -0.126. The number of hydrogen-bond donors (Lipinski definition) is 2. The van der Waals surface area contributed by atoms with Crippen molar-refractivity contribution in [1.82, 2.24) is 15.5 Å². The molecule has 0 spiro atoms. The van der Waals surface area contributed by atoms with Crippen LogP contribution < -0.4 is 15.4 Å². The fourth-order valence-electron chi connectivity index (χ4n) is 5.98. The van der Waals surface area contributed by atoms with Gasteiger partial charge in [0.25, 0.3) is 5.91 Å². The van der Waals surface area contributed by atoms with Crippen LogP contribution in [0.2, 0.25) is 0 Å². The average Bonchev–Trinajstić information content (AvgIpc) is 3.39. The topological polar surface area (TPSA) is 79.9 Å². The molecule has 1 saturated heterocycles. The Morgan fingerprint density at radius 1 is 1.03 bits per heavy atom. The number of piperidine rings is 1. The van der Waals surface area contributed by atoms with Gasteiger partial charge in [-0.05, 0) is 75.1 Å². The van der Waals surface area contributed by atoms with E-state index in [9.17, 15) is 9.59 Å². The second-order valence-electron chi connectivity index (χ2n) is 9.92. The van der Waals surface area contributed by atoms with E-state index in [2.05, 4.69) is 17.2 Å². The minimum atomic E-state index is -0.438. The van der Waals surface area contributed by atoms with Gasteiger partial charge in [0.2, 0.25) is 5.91 Å². The van der Waals surface area contributed by atoms with Crippen LogP contribution >= 0.6 is 0 Å². The summed E-state index contributed by atoms with van der Waals surface area (Å²) in [5.41, 5.74) is 2.33. The van der Waals surface area contributed by atoms with Gasteiger partial charge in [0.15, 0.2) is 0 Å². The van der Waals surface area contributed by atoms with Gasteiger partial charge in [0.1, 0.15) is 17.9 Å². The molecule has 3 fully saturated rings. The summed E-state index contributed by atoms with van der Waals surface area (Å²) in [4.78, 5) is 27.1. The highest BCUT2D eigenvalue weighted by Gasteiger charge is 2.39. The molecule has 178 valence electrons. The third-order valence-corrected chi connectivity index (χ3v) is 7.78. The Kier molecular flexibility index (Phi) is 6.43. The minimum Gasteiger partial charge on any atom is -0.489 e. The van der Waals surface area contributed by atoms with Crippen LogP contribution in [-0.4, -0.2) is 54.2 Å². The molecule has 0 radical (unpaired) electrons. The Morgan fingerprint density at radius 2 is 1.79 bits per heavy atom. The normalized spacial score (nSPS) is 32.1. The highest BCUT2D eigenvalue weighted by Crippen LogP contribution is 2.33. The van der Waals surface area contributed by atoms with Crippen LogP contribution in [0.25, 0.3) is 0 Å². The summed E-state index contributed by atoms with van der Waals surface area (Å²) in [6.45, 7) is 4.28. The van der Waals surface area contributed by atoms with E-state index in [1.807, 2.05) is 25.3 Å². The van der Waals surface area contributed by atoms with E-state index >= 15 is 0 Å². The maximum absolute atomic E-state index is 13.0. The average molecular weight is 454 g/mol. The lowest BCUT2D eigenvalue weighted by Gasteiger charge is -2.35. The number of rotatable bonds is 6. The molecule has 1 aromatic carbocycles. The van der Waals surface area contributed by atoms with Crippen molar-refractivity contribution >= 4 is 11.8 Å². The second-order valence-corrected chi connectivity index (χ2v) is 9.92. The number of carbonyl (C=O) groups is 2. The van der Waals surface area contributed by atoms with Crippen LogP contribution in [0.5, 0.6) is 5.75 Å². The van der Waals surface area contributed by atoms with Crippen molar-refractivity contribution in [3.63, 3.8) is 0 Å². The molecular formula is C26H35N3O4. The third kappa shape index (κ3) is 4.53.